The number of para-hydroxylation sites is 1. The van der Waals surface area contributed by atoms with E-state index in [-0.39, 0.29) is 10.6 Å². The number of rotatable bonds is 4. The molecule has 0 spiro atoms. The lowest BCUT2D eigenvalue weighted by Crippen LogP contribution is -2.10. The van der Waals surface area contributed by atoms with Gasteiger partial charge in [-0.1, -0.05) is 54.6 Å². The van der Waals surface area contributed by atoms with Gasteiger partial charge in [-0.25, -0.2) is 4.68 Å². The predicted molar refractivity (Wildman–Crippen MR) is 83.6 cm³/mol. The first-order chi connectivity index (χ1) is 10.7. The summed E-state index contributed by atoms with van der Waals surface area (Å²) in [7, 11) is 0. The Morgan fingerprint density at radius 3 is 2.50 bits per heavy atom. The van der Waals surface area contributed by atoms with Crippen LogP contribution >= 0.6 is 0 Å². The largest absolute Gasteiger partial charge is 0.272 e. The molecule has 6 nitrogen and oxygen atoms in total. The van der Waals surface area contributed by atoms with Crippen molar-refractivity contribution in [2.45, 2.75) is 13.3 Å². The van der Waals surface area contributed by atoms with Crippen LogP contribution in [0.5, 0.6) is 0 Å². The molecule has 3 aromatic rings. The first-order valence-corrected chi connectivity index (χ1v) is 6.96. The number of allylic oxidation sites excluding steroid dienone is 1. The van der Waals surface area contributed by atoms with Crippen molar-refractivity contribution in [2.75, 3.05) is 0 Å². The molecule has 0 amide bonds. The van der Waals surface area contributed by atoms with E-state index in [0.29, 0.717) is 17.6 Å². The quantitative estimate of drug-likeness (QED) is 0.546. The van der Waals surface area contributed by atoms with Gasteiger partial charge in [-0.15, -0.1) is 5.10 Å². The summed E-state index contributed by atoms with van der Waals surface area (Å²) in [4.78, 5) is 11.1. The van der Waals surface area contributed by atoms with Crippen molar-refractivity contribution in [1.82, 2.24) is 15.0 Å². The van der Waals surface area contributed by atoms with Crippen molar-refractivity contribution < 1.29 is 4.92 Å². The standard InChI is InChI=1S/C16H14N4O2/c1-2-14(20(21)22)16(12-8-4-3-5-9-12)19-15-11-7-6-10-13(15)17-18-19/h3-11H,2H2,1H3. The summed E-state index contributed by atoms with van der Waals surface area (Å²) < 4.78 is 1.55. The molecule has 0 radical (unpaired) electrons. The van der Waals surface area contributed by atoms with Crippen LogP contribution in [0.25, 0.3) is 16.7 Å². The fourth-order valence-electron chi connectivity index (χ4n) is 2.42. The van der Waals surface area contributed by atoms with Gasteiger partial charge in [0.15, 0.2) is 0 Å². The third-order valence-electron chi connectivity index (χ3n) is 3.44. The minimum atomic E-state index is -0.348. The minimum Gasteiger partial charge on any atom is -0.259 e. The number of fused-ring (bicyclic) bond motifs is 1. The molecular formula is C16H14N4O2. The Morgan fingerprint density at radius 1 is 1.14 bits per heavy atom. The Kier molecular flexibility index (Phi) is 3.65. The van der Waals surface area contributed by atoms with E-state index in [1.807, 2.05) is 54.6 Å². The highest BCUT2D eigenvalue weighted by Gasteiger charge is 2.22. The van der Waals surface area contributed by atoms with E-state index in [0.717, 1.165) is 11.1 Å². The Balaban J connectivity index is 2.34. The van der Waals surface area contributed by atoms with Crippen molar-refractivity contribution in [1.29, 1.82) is 0 Å². The maximum atomic E-state index is 11.5. The minimum absolute atomic E-state index is 0.113. The second-order valence-electron chi connectivity index (χ2n) is 4.76. The molecule has 2 aromatic carbocycles. The van der Waals surface area contributed by atoms with E-state index < -0.39 is 0 Å². The average Bonchev–Trinajstić information content (AvgIpc) is 2.96. The zero-order valence-corrected chi connectivity index (χ0v) is 12.0. The average molecular weight is 294 g/mol. The van der Waals surface area contributed by atoms with Crippen LogP contribution in [0.15, 0.2) is 60.3 Å². The van der Waals surface area contributed by atoms with Crippen LogP contribution in [0.3, 0.4) is 0 Å². The van der Waals surface area contributed by atoms with E-state index in [1.54, 1.807) is 11.6 Å². The Labute approximate surface area is 126 Å². The molecule has 3 rings (SSSR count). The monoisotopic (exact) mass is 294 g/mol. The van der Waals surface area contributed by atoms with E-state index in [2.05, 4.69) is 10.3 Å². The lowest BCUT2D eigenvalue weighted by molar-refractivity contribution is -0.426. The lowest BCUT2D eigenvalue weighted by Gasteiger charge is -2.09. The normalized spacial score (nSPS) is 12.2. The maximum absolute atomic E-state index is 11.5. The van der Waals surface area contributed by atoms with Crippen LogP contribution in [0.1, 0.15) is 18.9 Å². The second-order valence-corrected chi connectivity index (χ2v) is 4.76. The summed E-state index contributed by atoms with van der Waals surface area (Å²) in [6.45, 7) is 1.76. The molecule has 1 aromatic heterocycles. The summed E-state index contributed by atoms with van der Waals surface area (Å²) in [5, 5.41) is 19.7. The van der Waals surface area contributed by atoms with Crippen LogP contribution in [0.4, 0.5) is 0 Å². The molecule has 0 fully saturated rings. The van der Waals surface area contributed by atoms with Gasteiger partial charge < -0.3 is 0 Å². The van der Waals surface area contributed by atoms with Crippen molar-refractivity contribution in [3.63, 3.8) is 0 Å². The van der Waals surface area contributed by atoms with Crippen molar-refractivity contribution in [3.8, 4) is 0 Å². The first kappa shape index (κ1) is 13.9. The van der Waals surface area contributed by atoms with Crippen molar-refractivity contribution in [2.24, 2.45) is 0 Å². The summed E-state index contributed by atoms with van der Waals surface area (Å²) in [5.74, 6) is 0. The molecule has 0 aliphatic heterocycles. The smallest absolute Gasteiger partial charge is 0.259 e. The molecule has 0 atom stereocenters. The van der Waals surface area contributed by atoms with Gasteiger partial charge in [0.1, 0.15) is 11.2 Å². The molecule has 0 N–H and O–H groups in total. The highest BCUT2D eigenvalue weighted by atomic mass is 16.6. The molecule has 0 bridgehead atoms. The Morgan fingerprint density at radius 2 is 1.82 bits per heavy atom. The summed E-state index contributed by atoms with van der Waals surface area (Å²) >= 11 is 0. The summed E-state index contributed by atoms with van der Waals surface area (Å²) in [6, 6.07) is 16.7. The fourth-order valence-corrected chi connectivity index (χ4v) is 2.42. The van der Waals surface area contributed by atoms with E-state index >= 15 is 0 Å². The molecular weight excluding hydrogens is 280 g/mol. The van der Waals surface area contributed by atoms with Crippen LogP contribution in [0.2, 0.25) is 0 Å². The molecule has 0 saturated carbocycles. The number of nitrogens with zero attached hydrogens (tertiary/aromatic N) is 4. The number of hydrogen-bond acceptors (Lipinski definition) is 4. The van der Waals surface area contributed by atoms with Crippen LogP contribution in [-0.2, 0) is 0 Å². The Bertz CT molecular complexity index is 853. The van der Waals surface area contributed by atoms with Gasteiger partial charge in [-0.05, 0) is 12.1 Å². The van der Waals surface area contributed by atoms with E-state index in [4.69, 9.17) is 0 Å². The fraction of sp³-hybridized carbons (Fsp3) is 0.125. The highest BCUT2D eigenvalue weighted by molar-refractivity contribution is 5.81. The van der Waals surface area contributed by atoms with Crippen molar-refractivity contribution in [3.05, 3.63) is 76.0 Å². The maximum Gasteiger partial charge on any atom is 0.272 e. The molecule has 0 unspecified atom stereocenters. The summed E-state index contributed by atoms with van der Waals surface area (Å²) in [5.41, 5.74) is 2.76. The predicted octanol–water partition coefficient (Wildman–Crippen LogP) is 3.33. The van der Waals surface area contributed by atoms with Gasteiger partial charge in [-0.2, -0.15) is 0 Å². The van der Waals surface area contributed by atoms with Crippen LogP contribution in [0, 0.1) is 10.1 Å². The molecule has 1 heterocycles. The number of hydrogen-bond donors (Lipinski definition) is 0. The first-order valence-electron chi connectivity index (χ1n) is 6.96. The van der Waals surface area contributed by atoms with Crippen molar-refractivity contribution >= 4 is 16.7 Å². The Hall–Kier alpha value is -3.02. The van der Waals surface area contributed by atoms with Crippen LogP contribution < -0.4 is 0 Å². The van der Waals surface area contributed by atoms with Gasteiger partial charge >= 0.3 is 0 Å². The van der Waals surface area contributed by atoms with E-state index in [1.165, 1.54) is 0 Å². The van der Waals surface area contributed by atoms with Gasteiger partial charge in [0, 0.05) is 12.0 Å². The third-order valence-corrected chi connectivity index (χ3v) is 3.44. The second kappa shape index (κ2) is 5.77. The van der Waals surface area contributed by atoms with Gasteiger partial charge in [0.2, 0.25) is 0 Å². The molecule has 0 aliphatic carbocycles. The number of aromatic nitrogens is 3. The summed E-state index contributed by atoms with van der Waals surface area (Å²) in [6.07, 6.45) is 0.297. The number of benzene rings is 2. The SMILES string of the molecule is CCC(=C(c1ccccc1)n1nnc2ccccc21)[N+](=O)[O-]. The zero-order chi connectivity index (χ0) is 15.5. The molecule has 0 aliphatic rings. The molecule has 110 valence electrons. The third kappa shape index (κ3) is 2.35. The topological polar surface area (TPSA) is 73.8 Å². The lowest BCUT2D eigenvalue weighted by atomic mass is 10.1. The zero-order valence-electron chi connectivity index (χ0n) is 12.0. The van der Waals surface area contributed by atoms with E-state index in [9.17, 15) is 10.1 Å². The van der Waals surface area contributed by atoms with Gasteiger partial charge in [0.05, 0.1) is 10.4 Å². The molecule has 0 saturated heterocycles. The van der Waals surface area contributed by atoms with Crippen LogP contribution in [-0.4, -0.2) is 19.9 Å². The highest BCUT2D eigenvalue weighted by Crippen LogP contribution is 2.26. The van der Waals surface area contributed by atoms with Gasteiger partial charge in [0.25, 0.3) is 5.70 Å². The molecule has 6 heteroatoms. The van der Waals surface area contributed by atoms with Gasteiger partial charge in [-0.3, -0.25) is 10.1 Å². The number of nitro groups is 1. The molecule has 22 heavy (non-hydrogen) atoms.